The molecule has 1 nitrogen and oxygen atoms in total. The number of benzene rings is 2. The van der Waals surface area contributed by atoms with Crippen molar-refractivity contribution in [3.8, 4) is 0 Å². The SMILES string of the molecule is Cc1ccc([C@H]2c3ccccc3[C@@H]3[C@H]2CCCN3C)cc1. The van der Waals surface area contributed by atoms with E-state index in [1.165, 1.54) is 30.5 Å². The van der Waals surface area contributed by atoms with Gasteiger partial charge in [-0.15, -0.1) is 0 Å². The normalized spacial score (nSPS) is 28.2. The fraction of sp³-hybridized carbons (Fsp3) is 0.400. The van der Waals surface area contributed by atoms with Crippen molar-refractivity contribution < 1.29 is 0 Å². The lowest BCUT2D eigenvalue weighted by Crippen LogP contribution is -2.34. The summed E-state index contributed by atoms with van der Waals surface area (Å²) >= 11 is 0. The fourth-order valence-electron chi connectivity index (χ4n) is 4.51. The third-order valence-electron chi connectivity index (χ3n) is 5.44. The van der Waals surface area contributed by atoms with Gasteiger partial charge in [0.05, 0.1) is 0 Å². The van der Waals surface area contributed by atoms with E-state index < -0.39 is 0 Å². The number of fused-ring (bicyclic) bond motifs is 3. The van der Waals surface area contributed by atoms with Crippen LogP contribution in [0.3, 0.4) is 0 Å². The molecular weight excluding hydrogens is 254 g/mol. The van der Waals surface area contributed by atoms with Crippen LogP contribution in [0.2, 0.25) is 0 Å². The molecule has 21 heavy (non-hydrogen) atoms. The molecule has 3 atom stereocenters. The Balaban J connectivity index is 1.84. The van der Waals surface area contributed by atoms with Crippen molar-refractivity contribution in [1.29, 1.82) is 0 Å². The zero-order valence-electron chi connectivity index (χ0n) is 12.9. The molecule has 2 aliphatic rings. The van der Waals surface area contributed by atoms with Gasteiger partial charge in [-0.1, -0.05) is 54.1 Å². The highest BCUT2D eigenvalue weighted by Crippen LogP contribution is 2.54. The number of likely N-dealkylation sites (tertiary alicyclic amines) is 1. The molecule has 0 saturated carbocycles. The van der Waals surface area contributed by atoms with Gasteiger partial charge in [-0.25, -0.2) is 0 Å². The van der Waals surface area contributed by atoms with Crippen LogP contribution in [0.1, 0.15) is 47.1 Å². The number of hydrogen-bond acceptors (Lipinski definition) is 1. The summed E-state index contributed by atoms with van der Waals surface area (Å²) in [5, 5.41) is 0. The molecule has 0 radical (unpaired) electrons. The van der Waals surface area contributed by atoms with Crippen molar-refractivity contribution in [3.63, 3.8) is 0 Å². The number of aryl methyl sites for hydroxylation is 1. The predicted molar refractivity (Wildman–Crippen MR) is 87.6 cm³/mol. The first-order valence-corrected chi connectivity index (χ1v) is 8.11. The van der Waals surface area contributed by atoms with Crippen molar-refractivity contribution in [1.82, 2.24) is 4.90 Å². The van der Waals surface area contributed by atoms with E-state index in [0.717, 1.165) is 5.92 Å². The lowest BCUT2D eigenvalue weighted by molar-refractivity contribution is 0.127. The summed E-state index contributed by atoms with van der Waals surface area (Å²) < 4.78 is 0. The Bertz CT molecular complexity index is 643. The molecule has 2 aromatic carbocycles. The second-order valence-corrected chi connectivity index (χ2v) is 6.75. The van der Waals surface area contributed by atoms with Crippen molar-refractivity contribution in [2.24, 2.45) is 5.92 Å². The molecule has 1 heteroatoms. The molecule has 0 spiro atoms. The van der Waals surface area contributed by atoms with E-state index >= 15 is 0 Å². The van der Waals surface area contributed by atoms with Gasteiger partial charge < -0.3 is 0 Å². The van der Waals surface area contributed by atoms with Crippen LogP contribution in [0.5, 0.6) is 0 Å². The molecular formula is C20H23N. The Labute approximate surface area is 127 Å². The van der Waals surface area contributed by atoms with Crippen molar-refractivity contribution in [2.75, 3.05) is 13.6 Å². The van der Waals surface area contributed by atoms with Gasteiger partial charge in [0, 0.05) is 12.0 Å². The largest absolute Gasteiger partial charge is 0.299 e. The smallest absolute Gasteiger partial charge is 0.0385 e. The predicted octanol–water partition coefficient (Wildman–Crippen LogP) is 4.52. The molecule has 0 bridgehead atoms. The van der Waals surface area contributed by atoms with Crippen LogP contribution in [0.15, 0.2) is 48.5 Å². The highest BCUT2D eigenvalue weighted by molar-refractivity contribution is 5.46. The van der Waals surface area contributed by atoms with Gasteiger partial charge in [-0.2, -0.15) is 0 Å². The molecule has 0 N–H and O–H groups in total. The van der Waals surface area contributed by atoms with Crippen LogP contribution in [0, 0.1) is 12.8 Å². The summed E-state index contributed by atoms with van der Waals surface area (Å²) in [4.78, 5) is 2.57. The number of rotatable bonds is 1. The molecule has 4 rings (SSSR count). The number of hydrogen-bond donors (Lipinski definition) is 0. The zero-order valence-corrected chi connectivity index (χ0v) is 12.9. The van der Waals surface area contributed by atoms with Crippen LogP contribution < -0.4 is 0 Å². The molecule has 0 amide bonds. The van der Waals surface area contributed by atoms with Gasteiger partial charge in [0.2, 0.25) is 0 Å². The summed E-state index contributed by atoms with van der Waals surface area (Å²) in [5.74, 6) is 1.32. The Kier molecular flexibility index (Phi) is 3.11. The topological polar surface area (TPSA) is 3.24 Å². The van der Waals surface area contributed by atoms with Gasteiger partial charge in [-0.3, -0.25) is 4.90 Å². The second-order valence-electron chi connectivity index (χ2n) is 6.75. The molecule has 0 aromatic heterocycles. The van der Waals surface area contributed by atoms with Crippen molar-refractivity contribution in [3.05, 3.63) is 70.8 Å². The maximum Gasteiger partial charge on any atom is 0.0385 e. The third kappa shape index (κ3) is 2.03. The lowest BCUT2D eigenvalue weighted by atomic mass is 9.80. The van der Waals surface area contributed by atoms with E-state index in [9.17, 15) is 0 Å². The minimum atomic E-state index is 0.578. The van der Waals surface area contributed by atoms with Gasteiger partial charge >= 0.3 is 0 Å². The van der Waals surface area contributed by atoms with E-state index in [4.69, 9.17) is 0 Å². The molecule has 1 heterocycles. The van der Waals surface area contributed by atoms with E-state index in [1.807, 2.05) is 0 Å². The minimum Gasteiger partial charge on any atom is -0.299 e. The number of nitrogens with zero attached hydrogens (tertiary/aromatic N) is 1. The molecule has 1 aliphatic heterocycles. The van der Waals surface area contributed by atoms with Crippen LogP contribution in [-0.2, 0) is 0 Å². The van der Waals surface area contributed by atoms with Crippen LogP contribution in [0.25, 0.3) is 0 Å². The summed E-state index contributed by atoms with van der Waals surface area (Å²) in [6.45, 7) is 3.40. The quantitative estimate of drug-likeness (QED) is 0.740. The zero-order chi connectivity index (χ0) is 14.4. The van der Waals surface area contributed by atoms with Crippen LogP contribution in [-0.4, -0.2) is 18.5 Å². The molecule has 108 valence electrons. The summed E-state index contributed by atoms with van der Waals surface area (Å²) in [5.41, 5.74) is 5.97. The monoisotopic (exact) mass is 277 g/mol. The summed E-state index contributed by atoms with van der Waals surface area (Å²) in [6, 6.07) is 18.9. The highest BCUT2D eigenvalue weighted by atomic mass is 15.1. The first-order chi connectivity index (χ1) is 10.3. The van der Waals surface area contributed by atoms with Gasteiger partial charge in [0.1, 0.15) is 0 Å². The Hall–Kier alpha value is -1.60. The Morgan fingerprint density at radius 2 is 1.67 bits per heavy atom. The first kappa shape index (κ1) is 13.1. The Morgan fingerprint density at radius 1 is 0.952 bits per heavy atom. The molecule has 1 fully saturated rings. The molecule has 0 unspecified atom stereocenters. The fourth-order valence-corrected chi connectivity index (χ4v) is 4.51. The first-order valence-electron chi connectivity index (χ1n) is 8.11. The lowest BCUT2D eigenvalue weighted by Gasteiger charge is -2.37. The minimum absolute atomic E-state index is 0.578. The maximum absolute atomic E-state index is 2.57. The maximum atomic E-state index is 2.57. The Morgan fingerprint density at radius 3 is 2.43 bits per heavy atom. The molecule has 1 saturated heterocycles. The standard InChI is InChI=1S/C20H23N/c1-14-9-11-15(12-10-14)19-16-6-3-4-7-17(16)20-18(19)8-5-13-21(20)2/h3-4,6-7,9-12,18-20H,5,8,13H2,1-2H3/t18-,19-,20+/m0/s1. The van der Waals surface area contributed by atoms with Crippen LogP contribution >= 0.6 is 0 Å². The average Bonchev–Trinajstić information content (AvgIpc) is 2.84. The average molecular weight is 277 g/mol. The van der Waals surface area contributed by atoms with E-state index in [2.05, 4.69) is 67.4 Å². The van der Waals surface area contributed by atoms with E-state index in [-0.39, 0.29) is 0 Å². The summed E-state index contributed by atoms with van der Waals surface area (Å²) in [7, 11) is 2.30. The van der Waals surface area contributed by atoms with Crippen molar-refractivity contribution in [2.45, 2.75) is 31.7 Å². The number of piperidine rings is 1. The van der Waals surface area contributed by atoms with Gasteiger partial charge in [0.15, 0.2) is 0 Å². The highest BCUT2D eigenvalue weighted by Gasteiger charge is 2.44. The second kappa shape index (κ2) is 4.99. The van der Waals surface area contributed by atoms with Crippen molar-refractivity contribution >= 4 is 0 Å². The van der Waals surface area contributed by atoms with E-state index in [0.29, 0.717) is 12.0 Å². The van der Waals surface area contributed by atoms with Crippen LogP contribution in [0.4, 0.5) is 0 Å². The van der Waals surface area contributed by atoms with E-state index in [1.54, 1.807) is 11.1 Å². The molecule has 1 aliphatic carbocycles. The van der Waals surface area contributed by atoms with Gasteiger partial charge in [0.25, 0.3) is 0 Å². The third-order valence-corrected chi connectivity index (χ3v) is 5.44. The summed E-state index contributed by atoms with van der Waals surface area (Å²) in [6.07, 6.45) is 2.68. The molecule has 2 aromatic rings. The van der Waals surface area contributed by atoms with Gasteiger partial charge in [-0.05, 0) is 56.0 Å².